The number of pyridine rings is 1. The van der Waals surface area contributed by atoms with Crippen molar-refractivity contribution in [3.05, 3.63) is 46.3 Å². The first kappa shape index (κ1) is 13.2. The number of nitrogens with one attached hydrogen (secondary N) is 2. The molecule has 1 saturated carbocycles. The number of nitro groups is 1. The summed E-state index contributed by atoms with van der Waals surface area (Å²) >= 11 is 0. The van der Waals surface area contributed by atoms with E-state index in [-0.39, 0.29) is 17.0 Å². The lowest BCUT2D eigenvalue weighted by Crippen LogP contribution is -2.40. The molecule has 0 amide bonds. The Kier molecular flexibility index (Phi) is 3.75. The van der Waals surface area contributed by atoms with Gasteiger partial charge in [-0.3, -0.25) is 25.9 Å². The van der Waals surface area contributed by atoms with Crippen molar-refractivity contribution in [1.82, 2.24) is 15.8 Å². The monoisotopic (exact) mass is 274 g/mol. The van der Waals surface area contributed by atoms with Crippen molar-refractivity contribution in [2.45, 2.75) is 37.4 Å². The van der Waals surface area contributed by atoms with Crippen LogP contribution in [0.3, 0.4) is 0 Å². The first-order valence-corrected chi connectivity index (χ1v) is 6.98. The van der Waals surface area contributed by atoms with Crippen LogP contribution in [0.1, 0.15) is 25.0 Å². The van der Waals surface area contributed by atoms with E-state index in [0.717, 1.165) is 12.1 Å². The van der Waals surface area contributed by atoms with Gasteiger partial charge in [-0.25, -0.2) is 0 Å². The molecule has 0 aromatic carbocycles. The first-order chi connectivity index (χ1) is 9.74. The van der Waals surface area contributed by atoms with E-state index in [1.165, 1.54) is 0 Å². The summed E-state index contributed by atoms with van der Waals surface area (Å²) in [7, 11) is 0. The third kappa shape index (κ3) is 2.71. The normalized spacial score (nSPS) is 33.2. The molecule has 1 aliphatic carbocycles. The molecule has 2 heterocycles. The average Bonchev–Trinajstić information content (AvgIpc) is 2.88. The molecule has 4 unspecified atom stereocenters. The fourth-order valence-corrected chi connectivity index (χ4v) is 3.14. The van der Waals surface area contributed by atoms with Crippen molar-refractivity contribution < 1.29 is 4.92 Å². The average molecular weight is 274 g/mol. The minimum atomic E-state index is -0.399. The quantitative estimate of drug-likeness (QED) is 0.643. The van der Waals surface area contributed by atoms with E-state index >= 15 is 0 Å². The van der Waals surface area contributed by atoms with Gasteiger partial charge in [0.2, 0.25) is 6.04 Å². The minimum Gasteiger partial charge on any atom is -0.264 e. The second-order valence-electron chi connectivity index (χ2n) is 5.45. The number of hydrogen-bond acceptors (Lipinski definition) is 5. The van der Waals surface area contributed by atoms with Gasteiger partial charge >= 0.3 is 0 Å². The van der Waals surface area contributed by atoms with Crippen LogP contribution in [0.4, 0.5) is 0 Å². The van der Waals surface area contributed by atoms with E-state index < -0.39 is 6.04 Å². The highest BCUT2D eigenvalue weighted by molar-refractivity contribution is 5.45. The standard InChI is InChI=1S/C14H18N4O2/c19-18(20)11-5-6-12-13(16-17-14(12)9-11)7-4-10-3-1-2-8-15-10/h1-4,7-8,11-14,16-17H,5-6,9H2/b7-4+. The van der Waals surface area contributed by atoms with Gasteiger partial charge in [0.15, 0.2) is 0 Å². The third-order valence-corrected chi connectivity index (χ3v) is 4.23. The van der Waals surface area contributed by atoms with Crippen molar-refractivity contribution in [1.29, 1.82) is 0 Å². The van der Waals surface area contributed by atoms with Crippen molar-refractivity contribution in [2.75, 3.05) is 0 Å². The predicted molar refractivity (Wildman–Crippen MR) is 75.2 cm³/mol. The van der Waals surface area contributed by atoms with Crippen molar-refractivity contribution >= 4 is 6.08 Å². The van der Waals surface area contributed by atoms with E-state index in [4.69, 9.17) is 0 Å². The molecule has 2 fully saturated rings. The lowest BCUT2D eigenvalue weighted by atomic mass is 9.79. The molecule has 1 saturated heterocycles. The second-order valence-corrected chi connectivity index (χ2v) is 5.45. The van der Waals surface area contributed by atoms with Crippen LogP contribution < -0.4 is 10.9 Å². The van der Waals surface area contributed by atoms with Crippen molar-refractivity contribution in [2.24, 2.45) is 5.92 Å². The van der Waals surface area contributed by atoms with Crippen LogP contribution in [-0.2, 0) is 0 Å². The molecule has 6 nitrogen and oxygen atoms in total. The molecule has 4 atom stereocenters. The molecule has 2 aliphatic rings. The molecular weight excluding hydrogens is 256 g/mol. The Hall–Kier alpha value is -1.79. The van der Waals surface area contributed by atoms with Crippen molar-refractivity contribution in [3.63, 3.8) is 0 Å². The maximum absolute atomic E-state index is 10.9. The van der Waals surface area contributed by atoms with E-state index in [1.54, 1.807) is 6.20 Å². The molecule has 0 radical (unpaired) electrons. The molecule has 20 heavy (non-hydrogen) atoms. The maximum atomic E-state index is 10.9. The molecule has 2 N–H and O–H groups in total. The van der Waals surface area contributed by atoms with Gasteiger partial charge in [-0.1, -0.05) is 12.1 Å². The summed E-state index contributed by atoms with van der Waals surface area (Å²) in [5.74, 6) is 0.422. The predicted octanol–water partition coefficient (Wildman–Crippen LogP) is 1.39. The number of hydrazine groups is 1. The molecule has 3 rings (SSSR count). The van der Waals surface area contributed by atoms with Crippen LogP contribution >= 0.6 is 0 Å². The number of rotatable bonds is 3. The lowest BCUT2D eigenvalue weighted by Gasteiger charge is -2.27. The topological polar surface area (TPSA) is 80.1 Å². The van der Waals surface area contributed by atoms with Crippen LogP contribution in [0, 0.1) is 16.0 Å². The Morgan fingerprint density at radius 2 is 2.25 bits per heavy atom. The zero-order valence-electron chi connectivity index (χ0n) is 11.1. The summed E-state index contributed by atoms with van der Waals surface area (Å²) in [6, 6.07) is 5.82. The van der Waals surface area contributed by atoms with E-state index in [1.807, 2.05) is 24.3 Å². The SMILES string of the molecule is O=[N+]([O-])C1CCC2C(/C=C/c3ccccn3)NNC2C1. The molecule has 1 aromatic rings. The van der Waals surface area contributed by atoms with Gasteiger partial charge in [-0.05, 0) is 30.5 Å². The fraction of sp³-hybridized carbons (Fsp3) is 0.500. The minimum absolute atomic E-state index is 0.144. The number of nitrogens with zero attached hydrogens (tertiary/aromatic N) is 2. The summed E-state index contributed by atoms with van der Waals surface area (Å²) in [5, 5.41) is 10.9. The highest BCUT2D eigenvalue weighted by Crippen LogP contribution is 2.32. The zero-order chi connectivity index (χ0) is 13.9. The van der Waals surface area contributed by atoms with E-state index in [2.05, 4.69) is 21.9 Å². The summed E-state index contributed by atoms with van der Waals surface area (Å²) in [6.45, 7) is 0. The van der Waals surface area contributed by atoms with Crippen LogP contribution in [0.15, 0.2) is 30.5 Å². The summed E-state index contributed by atoms with van der Waals surface area (Å²) in [5.41, 5.74) is 7.37. The first-order valence-electron chi connectivity index (χ1n) is 6.98. The van der Waals surface area contributed by atoms with Crippen molar-refractivity contribution in [3.8, 4) is 0 Å². The van der Waals surface area contributed by atoms with Gasteiger partial charge in [0.25, 0.3) is 0 Å². The summed E-state index contributed by atoms with van der Waals surface area (Å²) in [6.07, 6.45) is 8.04. The number of fused-ring (bicyclic) bond motifs is 1. The van der Waals surface area contributed by atoms with E-state index in [0.29, 0.717) is 18.8 Å². The van der Waals surface area contributed by atoms with E-state index in [9.17, 15) is 10.1 Å². The Morgan fingerprint density at radius 1 is 1.35 bits per heavy atom. The molecule has 0 bridgehead atoms. The Balaban J connectivity index is 1.64. The molecule has 1 aromatic heterocycles. The van der Waals surface area contributed by atoms with Crippen LogP contribution in [0.2, 0.25) is 0 Å². The largest absolute Gasteiger partial charge is 0.264 e. The lowest BCUT2D eigenvalue weighted by molar-refractivity contribution is -0.527. The Bertz CT molecular complexity index is 505. The maximum Gasteiger partial charge on any atom is 0.214 e. The molecular formula is C14H18N4O2. The second kappa shape index (κ2) is 5.68. The smallest absolute Gasteiger partial charge is 0.214 e. The number of aromatic nitrogens is 1. The van der Waals surface area contributed by atoms with Crippen LogP contribution in [-0.4, -0.2) is 28.0 Å². The molecule has 0 spiro atoms. The third-order valence-electron chi connectivity index (χ3n) is 4.23. The van der Waals surface area contributed by atoms with Crippen LogP contribution in [0.5, 0.6) is 0 Å². The molecule has 106 valence electrons. The Morgan fingerprint density at radius 3 is 3.00 bits per heavy atom. The van der Waals surface area contributed by atoms with Gasteiger partial charge in [0.1, 0.15) is 0 Å². The highest BCUT2D eigenvalue weighted by atomic mass is 16.6. The molecule has 1 aliphatic heterocycles. The van der Waals surface area contributed by atoms with Gasteiger partial charge in [-0.2, -0.15) is 0 Å². The van der Waals surface area contributed by atoms with Gasteiger partial charge in [-0.15, -0.1) is 0 Å². The Labute approximate surface area is 117 Å². The van der Waals surface area contributed by atoms with Gasteiger partial charge < -0.3 is 0 Å². The fourth-order valence-electron chi connectivity index (χ4n) is 3.14. The number of hydrogen-bond donors (Lipinski definition) is 2. The highest BCUT2D eigenvalue weighted by Gasteiger charge is 2.42. The summed E-state index contributed by atoms with van der Waals surface area (Å²) < 4.78 is 0. The van der Waals surface area contributed by atoms with Crippen LogP contribution in [0.25, 0.3) is 6.08 Å². The summed E-state index contributed by atoms with van der Waals surface area (Å²) in [4.78, 5) is 15.0. The van der Waals surface area contributed by atoms with Gasteiger partial charge in [0.05, 0.1) is 5.69 Å². The van der Waals surface area contributed by atoms with Gasteiger partial charge in [0, 0.05) is 36.0 Å². The zero-order valence-corrected chi connectivity index (χ0v) is 11.1. The molecule has 6 heteroatoms.